The molecule has 0 aromatic carbocycles. The summed E-state index contributed by atoms with van der Waals surface area (Å²) in [6, 6.07) is 5.80. The van der Waals surface area contributed by atoms with Gasteiger partial charge in [0.25, 0.3) is 0 Å². The van der Waals surface area contributed by atoms with E-state index in [9.17, 15) is 0 Å². The third-order valence-electron chi connectivity index (χ3n) is 5.07. The topological polar surface area (TPSA) is 61.0 Å². The van der Waals surface area contributed by atoms with Crippen LogP contribution in [0.5, 0.6) is 0 Å². The Balaban J connectivity index is 1.36. The van der Waals surface area contributed by atoms with Gasteiger partial charge in [-0.15, -0.1) is 0 Å². The summed E-state index contributed by atoms with van der Waals surface area (Å²) < 4.78 is 1.90. The van der Waals surface area contributed by atoms with Gasteiger partial charge in [-0.05, 0) is 37.2 Å². The lowest BCUT2D eigenvalue weighted by atomic mass is 9.72. The van der Waals surface area contributed by atoms with Gasteiger partial charge < -0.3 is 9.80 Å². The molecule has 0 amide bonds. The molecule has 4 heterocycles. The molecular formula is C17H18N6S. The molecular weight excluding hydrogens is 320 g/mol. The number of hydrogen-bond acceptors (Lipinski definition) is 5. The molecule has 2 aliphatic heterocycles. The van der Waals surface area contributed by atoms with E-state index in [4.69, 9.17) is 17.5 Å². The Kier molecular flexibility index (Phi) is 3.69. The van der Waals surface area contributed by atoms with Crippen LogP contribution < -0.4 is 4.90 Å². The van der Waals surface area contributed by atoms with Crippen molar-refractivity contribution < 1.29 is 0 Å². The summed E-state index contributed by atoms with van der Waals surface area (Å²) in [5.74, 6) is 0.911. The minimum atomic E-state index is 0.369. The van der Waals surface area contributed by atoms with Crippen LogP contribution in [0.2, 0.25) is 0 Å². The van der Waals surface area contributed by atoms with Crippen molar-refractivity contribution in [2.75, 3.05) is 31.1 Å². The van der Waals surface area contributed by atoms with E-state index in [0.717, 1.165) is 50.0 Å². The lowest BCUT2D eigenvalue weighted by Crippen LogP contribution is -2.62. The highest BCUT2D eigenvalue weighted by Gasteiger charge is 2.46. The van der Waals surface area contributed by atoms with Gasteiger partial charge in [-0.1, -0.05) is 0 Å². The molecule has 122 valence electrons. The predicted molar refractivity (Wildman–Crippen MR) is 94.6 cm³/mol. The van der Waals surface area contributed by atoms with Gasteiger partial charge in [-0.2, -0.15) is 5.26 Å². The van der Waals surface area contributed by atoms with E-state index in [1.54, 1.807) is 24.8 Å². The number of hydrogen-bond donors (Lipinski definition) is 0. The van der Waals surface area contributed by atoms with E-state index < -0.39 is 0 Å². The normalized spacial score (nSPS) is 19.0. The predicted octanol–water partition coefficient (Wildman–Crippen LogP) is 1.89. The number of anilines is 1. The first-order chi connectivity index (χ1) is 11.7. The number of imidazole rings is 1. The first kappa shape index (κ1) is 15.1. The van der Waals surface area contributed by atoms with Crippen LogP contribution in [0.15, 0.2) is 37.1 Å². The van der Waals surface area contributed by atoms with Crippen LogP contribution in [-0.4, -0.2) is 50.7 Å². The van der Waals surface area contributed by atoms with Crippen molar-refractivity contribution in [1.82, 2.24) is 19.4 Å². The molecule has 24 heavy (non-hydrogen) atoms. The third-order valence-corrected chi connectivity index (χ3v) is 5.54. The Labute approximate surface area is 146 Å². The van der Waals surface area contributed by atoms with Crippen molar-refractivity contribution in [3.05, 3.63) is 42.6 Å². The second-order valence-corrected chi connectivity index (χ2v) is 6.98. The summed E-state index contributed by atoms with van der Waals surface area (Å²) in [6.45, 7) is 3.99. The van der Waals surface area contributed by atoms with E-state index in [0.29, 0.717) is 11.0 Å². The molecule has 2 saturated heterocycles. The van der Waals surface area contributed by atoms with Crippen LogP contribution >= 0.6 is 12.2 Å². The van der Waals surface area contributed by atoms with Gasteiger partial charge in [0, 0.05) is 50.2 Å². The molecule has 1 spiro atoms. The van der Waals surface area contributed by atoms with Crippen LogP contribution in [0.25, 0.3) is 0 Å². The first-order valence-corrected chi connectivity index (χ1v) is 8.48. The quantitative estimate of drug-likeness (QED) is 0.740. The molecule has 2 aliphatic rings. The number of nitrogens with zero attached hydrogens (tertiary/aromatic N) is 6. The largest absolute Gasteiger partial charge is 0.357 e. The van der Waals surface area contributed by atoms with Crippen molar-refractivity contribution in [3.63, 3.8) is 0 Å². The van der Waals surface area contributed by atoms with E-state index in [1.807, 2.05) is 16.8 Å². The number of rotatable bonds is 1. The fraction of sp³-hybridized carbons (Fsp3) is 0.412. The third kappa shape index (κ3) is 2.63. The van der Waals surface area contributed by atoms with Crippen molar-refractivity contribution in [2.24, 2.45) is 5.41 Å². The molecule has 2 aromatic heterocycles. The molecule has 0 N–H and O–H groups in total. The molecule has 0 atom stereocenters. The second kappa shape index (κ2) is 5.87. The van der Waals surface area contributed by atoms with E-state index in [2.05, 4.69) is 25.8 Å². The highest BCUT2D eigenvalue weighted by atomic mass is 32.1. The van der Waals surface area contributed by atoms with Gasteiger partial charge in [-0.3, -0.25) is 4.57 Å². The summed E-state index contributed by atoms with van der Waals surface area (Å²) in [7, 11) is 0. The molecule has 7 heteroatoms. The van der Waals surface area contributed by atoms with Crippen LogP contribution in [0.3, 0.4) is 0 Å². The zero-order chi connectivity index (χ0) is 16.6. The summed E-state index contributed by atoms with van der Waals surface area (Å²) in [4.78, 5) is 13.0. The first-order valence-electron chi connectivity index (χ1n) is 8.07. The number of nitriles is 1. The summed E-state index contributed by atoms with van der Waals surface area (Å²) in [6.07, 6.45) is 9.38. The van der Waals surface area contributed by atoms with E-state index in [1.165, 1.54) is 0 Å². The second-order valence-electron chi connectivity index (χ2n) is 6.61. The monoisotopic (exact) mass is 338 g/mol. The molecule has 0 bridgehead atoms. The highest BCUT2D eigenvalue weighted by molar-refractivity contribution is 7.80. The lowest BCUT2D eigenvalue weighted by Gasteiger charge is -2.54. The highest BCUT2D eigenvalue weighted by Crippen LogP contribution is 2.41. The van der Waals surface area contributed by atoms with Gasteiger partial charge in [0.15, 0.2) is 5.11 Å². The van der Waals surface area contributed by atoms with Crippen molar-refractivity contribution >= 4 is 23.1 Å². The van der Waals surface area contributed by atoms with Gasteiger partial charge in [-0.25, -0.2) is 9.97 Å². The van der Waals surface area contributed by atoms with Crippen LogP contribution in [0.1, 0.15) is 18.4 Å². The Morgan fingerprint density at radius 2 is 2.04 bits per heavy atom. The number of thiocarbonyl (C=S) groups is 1. The van der Waals surface area contributed by atoms with Crippen molar-refractivity contribution in [3.8, 4) is 6.07 Å². The summed E-state index contributed by atoms with van der Waals surface area (Å²) >= 11 is 5.53. The molecule has 0 radical (unpaired) electrons. The van der Waals surface area contributed by atoms with Crippen LogP contribution in [0, 0.1) is 16.7 Å². The average molecular weight is 338 g/mol. The lowest BCUT2D eigenvalue weighted by molar-refractivity contribution is 0.0330. The minimum absolute atomic E-state index is 0.369. The maximum absolute atomic E-state index is 9.03. The maximum Gasteiger partial charge on any atom is 0.181 e. The number of aromatic nitrogens is 3. The Morgan fingerprint density at radius 3 is 2.71 bits per heavy atom. The Bertz CT molecular complexity index is 778. The van der Waals surface area contributed by atoms with E-state index >= 15 is 0 Å². The fourth-order valence-electron chi connectivity index (χ4n) is 3.62. The maximum atomic E-state index is 9.03. The van der Waals surface area contributed by atoms with Crippen molar-refractivity contribution in [2.45, 2.75) is 12.8 Å². The van der Waals surface area contributed by atoms with Gasteiger partial charge >= 0.3 is 0 Å². The van der Waals surface area contributed by atoms with E-state index in [-0.39, 0.29) is 0 Å². The smallest absolute Gasteiger partial charge is 0.181 e. The number of piperidine rings is 1. The van der Waals surface area contributed by atoms with Crippen LogP contribution in [0.4, 0.5) is 5.82 Å². The van der Waals surface area contributed by atoms with Gasteiger partial charge in [0.2, 0.25) is 0 Å². The minimum Gasteiger partial charge on any atom is -0.357 e. The molecule has 2 fully saturated rings. The Morgan fingerprint density at radius 1 is 1.25 bits per heavy atom. The van der Waals surface area contributed by atoms with Gasteiger partial charge in [0.1, 0.15) is 12.1 Å². The number of likely N-dealkylation sites (tertiary alicyclic amines) is 1. The molecule has 2 aromatic rings. The number of pyridine rings is 1. The Hall–Kier alpha value is -2.46. The fourth-order valence-corrected chi connectivity index (χ4v) is 3.86. The average Bonchev–Trinajstić information content (AvgIpc) is 3.14. The molecule has 4 rings (SSSR count). The molecule has 0 saturated carbocycles. The summed E-state index contributed by atoms with van der Waals surface area (Å²) in [5.41, 5.74) is 1.04. The van der Waals surface area contributed by atoms with Crippen molar-refractivity contribution in [1.29, 1.82) is 5.26 Å². The summed E-state index contributed by atoms with van der Waals surface area (Å²) in [5, 5.41) is 9.87. The molecule has 0 aliphatic carbocycles. The standard InChI is InChI=1S/C17H18N6S/c18-10-14-1-4-20-15(9-14)21-6-2-17(3-7-21)11-23(12-17)16(24)22-8-5-19-13-22/h1,4-5,8-9,13H,2-3,6-7,11-12H2. The molecule has 0 unspecified atom stereocenters. The molecule has 6 nitrogen and oxygen atoms in total. The van der Waals surface area contributed by atoms with Gasteiger partial charge in [0.05, 0.1) is 11.6 Å². The SMILES string of the molecule is N#Cc1ccnc(N2CCC3(CC2)CN(C(=S)n2ccnc2)C3)c1. The van der Waals surface area contributed by atoms with Crippen LogP contribution in [-0.2, 0) is 0 Å². The zero-order valence-electron chi connectivity index (χ0n) is 13.3. The zero-order valence-corrected chi connectivity index (χ0v) is 14.1.